The molecule has 0 bridgehead atoms. The smallest absolute Gasteiger partial charge is 0.113 e. The molecule has 0 unspecified atom stereocenters. The molecule has 9 nitrogen and oxygen atoms in total. The first-order valence-corrected chi connectivity index (χ1v) is 10.5. The van der Waals surface area contributed by atoms with E-state index in [-0.39, 0.29) is 0 Å². The fraction of sp³-hybridized carbons (Fsp3) is 0.273. The summed E-state index contributed by atoms with van der Waals surface area (Å²) in [7, 11) is 0. The fourth-order valence-corrected chi connectivity index (χ4v) is 4.14. The maximum Gasteiger partial charge on any atom is 0.113 e. The van der Waals surface area contributed by atoms with Gasteiger partial charge in [-0.3, -0.25) is 14.7 Å². The topological polar surface area (TPSA) is 89.7 Å². The molecule has 6 rings (SSSR count). The number of nitrogens with zero attached hydrogens (tertiary/aromatic N) is 7. The van der Waals surface area contributed by atoms with Crippen LogP contribution in [0.25, 0.3) is 38.9 Å². The van der Waals surface area contributed by atoms with Gasteiger partial charge in [-0.1, -0.05) is 11.3 Å². The largest absolute Gasteiger partial charge is 0.379 e. The monoisotopic (exact) mass is 414 g/mol. The Kier molecular flexibility index (Phi) is 4.47. The molecule has 0 amide bonds. The average molecular weight is 414 g/mol. The molecule has 0 saturated carbocycles. The Hall–Kier alpha value is -3.56. The average Bonchev–Trinajstić information content (AvgIpc) is 3.56. The third-order valence-electron chi connectivity index (χ3n) is 5.86. The molecule has 3 aromatic heterocycles. The van der Waals surface area contributed by atoms with Crippen molar-refractivity contribution in [3.63, 3.8) is 0 Å². The minimum absolute atomic E-state index is 0.809. The van der Waals surface area contributed by atoms with Crippen LogP contribution in [0.1, 0.15) is 0 Å². The third kappa shape index (κ3) is 3.37. The number of benzene rings is 2. The van der Waals surface area contributed by atoms with Crippen molar-refractivity contribution in [1.29, 1.82) is 0 Å². The molecule has 1 fully saturated rings. The van der Waals surface area contributed by atoms with Crippen molar-refractivity contribution in [2.45, 2.75) is 6.54 Å². The Morgan fingerprint density at radius 3 is 2.87 bits per heavy atom. The third-order valence-corrected chi connectivity index (χ3v) is 5.86. The molecule has 1 saturated heterocycles. The number of hydrogen-bond donors (Lipinski definition) is 1. The van der Waals surface area contributed by atoms with Crippen molar-refractivity contribution in [3.8, 4) is 16.9 Å². The Morgan fingerprint density at radius 1 is 1.00 bits per heavy atom. The number of aromatic amines is 1. The lowest BCUT2D eigenvalue weighted by molar-refractivity contribution is 0.0360. The van der Waals surface area contributed by atoms with Gasteiger partial charge in [-0.15, -0.1) is 5.10 Å². The summed E-state index contributed by atoms with van der Waals surface area (Å²) in [6.45, 7) is 5.38. The standard InChI is InChI=1S/C22H22N8O/c1-3-18(14-20-17(1)15-23-25-20)30-22-13-16(2-4-19(22)26-27-30)21-5-6-24-29(21)8-7-28-9-11-31-12-10-28/h1-6,13-15H,7-12H2,(H,23,25). The molecular weight excluding hydrogens is 392 g/mol. The SMILES string of the molecule is c1cc(-c2ccc3nnn(-c4ccc5cn[nH]c5c4)c3c2)n(CCN2CCOCC2)n1. The van der Waals surface area contributed by atoms with Crippen molar-refractivity contribution in [2.75, 3.05) is 32.8 Å². The molecule has 0 aliphatic carbocycles. The Morgan fingerprint density at radius 2 is 1.94 bits per heavy atom. The molecule has 31 heavy (non-hydrogen) atoms. The van der Waals surface area contributed by atoms with E-state index in [1.807, 2.05) is 41.3 Å². The van der Waals surface area contributed by atoms with Crippen molar-refractivity contribution < 1.29 is 4.74 Å². The second-order valence-electron chi connectivity index (χ2n) is 7.74. The molecule has 1 N–H and O–H groups in total. The minimum Gasteiger partial charge on any atom is -0.379 e. The lowest BCUT2D eigenvalue weighted by atomic mass is 10.1. The van der Waals surface area contributed by atoms with E-state index in [9.17, 15) is 0 Å². The number of rotatable bonds is 5. The predicted octanol–water partition coefficient (Wildman–Crippen LogP) is 2.49. The van der Waals surface area contributed by atoms with Crippen LogP contribution in [0, 0.1) is 0 Å². The van der Waals surface area contributed by atoms with Gasteiger partial charge in [0.15, 0.2) is 0 Å². The Balaban J connectivity index is 1.33. The summed E-state index contributed by atoms with van der Waals surface area (Å²) in [6.07, 6.45) is 3.68. The van der Waals surface area contributed by atoms with Crippen LogP contribution in [0.4, 0.5) is 0 Å². The van der Waals surface area contributed by atoms with E-state index in [0.717, 1.165) is 78.3 Å². The summed E-state index contributed by atoms with van der Waals surface area (Å²) in [5, 5.41) is 21.5. The summed E-state index contributed by atoms with van der Waals surface area (Å²) in [5.41, 5.74) is 5.91. The molecule has 1 aliphatic rings. The Labute approximate surface area is 178 Å². The van der Waals surface area contributed by atoms with Crippen LogP contribution >= 0.6 is 0 Å². The highest BCUT2D eigenvalue weighted by Gasteiger charge is 2.14. The van der Waals surface area contributed by atoms with Gasteiger partial charge in [0.2, 0.25) is 0 Å². The molecule has 4 heterocycles. The fourth-order valence-electron chi connectivity index (χ4n) is 4.14. The summed E-state index contributed by atoms with van der Waals surface area (Å²) in [6, 6.07) is 14.4. The summed E-state index contributed by atoms with van der Waals surface area (Å²) in [5.74, 6) is 0. The molecule has 2 aromatic carbocycles. The predicted molar refractivity (Wildman–Crippen MR) is 117 cm³/mol. The van der Waals surface area contributed by atoms with E-state index in [2.05, 4.69) is 53.4 Å². The summed E-state index contributed by atoms with van der Waals surface area (Å²) in [4.78, 5) is 2.42. The second-order valence-corrected chi connectivity index (χ2v) is 7.74. The van der Waals surface area contributed by atoms with Gasteiger partial charge in [-0.05, 0) is 36.4 Å². The molecular formula is C22H22N8O. The van der Waals surface area contributed by atoms with Gasteiger partial charge in [0, 0.05) is 36.8 Å². The van der Waals surface area contributed by atoms with E-state index in [4.69, 9.17) is 4.74 Å². The first-order valence-electron chi connectivity index (χ1n) is 10.5. The molecule has 0 atom stereocenters. The highest BCUT2D eigenvalue weighted by molar-refractivity contribution is 5.84. The van der Waals surface area contributed by atoms with Gasteiger partial charge >= 0.3 is 0 Å². The highest BCUT2D eigenvalue weighted by Crippen LogP contribution is 2.26. The van der Waals surface area contributed by atoms with Crippen molar-refractivity contribution in [2.24, 2.45) is 0 Å². The Bertz CT molecular complexity index is 1340. The number of morpholine rings is 1. The van der Waals surface area contributed by atoms with E-state index in [0.29, 0.717) is 0 Å². The molecule has 1 aliphatic heterocycles. The molecule has 0 spiro atoms. The van der Waals surface area contributed by atoms with Crippen LogP contribution in [0.3, 0.4) is 0 Å². The zero-order chi connectivity index (χ0) is 20.6. The minimum atomic E-state index is 0.809. The first-order chi connectivity index (χ1) is 15.3. The lowest BCUT2D eigenvalue weighted by Gasteiger charge is -2.26. The molecule has 156 valence electrons. The molecule has 0 radical (unpaired) electrons. The van der Waals surface area contributed by atoms with Crippen LogP contribution in [0.2, 0.25) is 0 Å². The first kappa shape index (κ1) is 18.2. The van der Waals surface area contributed by atoms with Crippen LogP contribution in [-0.4, -0.2) is 72.7 Å². The van der Waals surface area contributed by atoms with Crippen molar-refractivity contribution in [3.05, 3.63) is 54.9 Å². The molecule has 5 aromatic rings. The van der Waals surface area contributed by atoms with E-state index in [1.165, 1.54) is 0 Å². The van der Waals surface area contributed by atoms with Crippen LogP contribution < -0.4 is 0 Å². The van der Waals surface area contributed by atoms with Gasteiger partial charge in [0.25, 0.3) is 0 Å². The maximum absolute atomic E-state index is 5.45. The van der Waals surface area contributed by atoms with E-state index in [1.54, 1.807) is 0 Å². The normalized spacial score (nSPS) is 15.2. The van der Waals surface area contributed by atoms with Gasteiger partial charge in [-0.25, -0.2) is 4.68 Å². The second kappa shape index (κ2) is 7.60. The number of fused-ring (bicyclic) bond motifs is 2. The maximum atomic E-state index is 5.45. The van der Waals surface area contributed by atoms with E-state index < -0.39 is 0 Å². The van der Waals surface area contributed by atoms with Gasteiger partial charge in [0.1, 0.15) is 5.52 Å². The van der Waals surface area contributed by atoms with Crippen LogP contribution in [0.5, 0.6) is 0 Å². The number of H-pyrrole nitrogens is 1. The zero-order valence-corrected chi connectivity index (χ0v) is 17.0. The molecule has 9 heteroatoms. The van der Waals surface area contributed by atoms with Crippen LogP contribution in [-0.2, 0) is 11.3 Å². The number of aromatic nitrogens is 7. The van der Waals surface area contributed by atoms with Crippen LogP contribution in [0.15, 0.2) is 54.9 Å². The highest BCUT2D eigenvalue weighted by atomic mass is 16.5. The zero-order valence-electron chi connectivity index (χ0n) is 17.0. The number of ether oxygens (including phenoxy) is 1. The van der Waals surface area contributed by atoms with Crippen molar-refractivity contribution >= 4 is 21.9 Å². The summed E-state index contributed by atoms with van der Waals surface area (Å²) >= 11 is 0. The van der Waals surface area contributed by atoms with Gasteiger partial charge in [-0.2, -0.15) is 10.2 Å². The van der Waals surface area contributed by atoms with Crippen molar-refractivity contribution in [1.82, 2.24) is 39.9 Å². The quantitative estimate of drug-likeness (QED) is 0.475. The van der Waals surface area contributed by atoms with Gasteiger partial charge in [0.05, 0.1) is 48.4 Å². The van der Waals surface area contributed by atoms with E-state index >= 15 is 0 Å². The summed E-state index contributed by atoms with van der Waals surface area (Å²) < 4.78 is 9.39. The van der Waals surface area contributed by atoms with Gasteiger partial charge < -0.3 is 4.74 Å². The lowest BCUT2D eigenvalue weighted by Crippen LogP contribution is -2.38. The number of hydrogen-bond acceptors (Lipinski definition) is 6. The number of nitrogens with one attached hydrogen (secondary N) is 1.